The molecule has 0 saturated carbocycles. The van der Waals surface area contributed by atoms with Crippen LogP contribution in [-0.2, 0) is 15.9 Å². The van der Waals surface area contributed by atoms with E-state index in [-0.39, 0.29) is 6.61 Å². The molecule has 37 heavy (non-hydrogen) atoms. The average molecular weight is 506 g/mol. The SMILES string of the molecule is COc1cccc(NC(=O)OCCCc2nc(N/N=C/c3cccc(C)c3)nc(N3CCOCC3)n2)c1. The second-order valence-electron chi connectivity index (χ2n) is 8.36. The van der Waals surface area contributed by atoms with E-state index in [4.69, 9.17) is 14.2 Å². The van der Waals surface area contributed by atoms with E-state index in [0.717, 1.165) is 11.1 Å². The van der Waals surface area contributed by atoms with Gasteiger partial charge in [-0.05, 0) is 31.0 Å². The molecule has 1 amide bonds. The monoisotopic (exact) mass is 505 g/mol. The fraction of sp³-hybridized carbons (Fsp3) is 0.346. The van der Waals surface area contributed by atoms with E-state index in [2.05, 4.69) is 35.7 Å². The van der Waals surface area contributed by atoms with Gasteiger partial charge in [0, 0.05) is 31.3 Å². The molecular formula is C26H31N7O4. The number of aryl methyl sites for hydroxylation is 2. The number of anilines is 3. The topological polar surface area (TPSA) is 123 Å². The Balaban J connectivity index is 1.35. The summed E-state index contributed by atoms with van der Waals surface area (Å²) in [5.74, 6) is 2.16. The Kier molecular flexibility index (Phi) is 9.19. The molecule has 194 valence electrons. The summed E-state index contributed by atoms with van der Waals surface area (Å²) in [5.41, 5.74) is 5.64. The zero-order valence-corrected chi connectivity index (χ0v) is 21.0. The Labute approximate surface area is 215 Å². The third-order valence-corrected chi connectivity index (χ3v) is 5.48. The standard InChI is InChI=1S/C26H31N7O4/c1-19-6-3-7-20(16-19)18-27-32-24-29-23(30-25(31-24)33-11-14-36-15-12-33)10-5-13-37-26(34)28-21-8-4-9-22(17-21)35-2/h3-4,6-9,16-18H,5,10-15H2,1-2H3,(H,28,34)(H,29,30,31,32)/b27-18+. The molecule has 11 heteroatoms. The lowest BCUT2D eigenvalue weighted by molar-refractivity contribution is 0.122. The molecule has 4 rings (SSSR count). The molecule has 0 atom stereocenters. The Hall–Kier alpha value is -4.25. The van der Waals surface area contributed by atoms with Crippen molar-refractivity contribution >= 4 is 29.9 Å². The van der Waals surface area contributed by atoms with Gasteiger partial charge >= 0.3 is 6.09 Å². The van der Waals surface area contributed by atoms with Gasteiger partial charge in [-0.25, -0.2) is 10.2 Å². The first kappa shape index (κ1) is 25.8. The van der Waals surface area contributed by atoms with Gasteiger partial charge in [-0.1, -0.05) is 35.9 Å². The van der Waals surface area contributed by atoms with Crippen molar-refractivity contribution in [3.8, 4) is 5.75 Å². The van der Waals surface area contributed by atoms with Crippen LogP contribution in [0.15, 0.2) is 53.6 Å². The van der Waals surface area contributed by atoms with E-state index >= 15 is 0 Å². The Morgan fingerprint density at radius 1 is 1.14 bits per heavy atom. The predicted molar refractivity (Wildman–Crippen MR) is 142 cm³/mol. The molecule has 2 aromatic carbocycles. The fourth-order valence-electron chi connectivity index (χ4n) is 3.64. The van der Waals surface area contributed by atoms with Crippen molar-refractivity contribution in [2.45, 2.75) is 19.8 Å². The predicted octanol–water partition coefficient (Wildman–Crippen LogP) is 3.65. The summed E-state index contributed by atoms with van der Waals surface area (Å²) >= 11 is 0. The minimum Gasteiger partial charge on any atom is -0.497 e. The summed E-state index contributed by atoms with van der Waals surface area (Å²) in [4.78, 5) is 27.9. The van der Waals surface area contributed by atoms with Crippen LogP contribution >= 0.6 is 0 Å². The maximum absolute atomic E-state index is 12.1. The van der Waals surface area contributed by atoms with Crippen LogP contribution in [-0.4, -0.2) is 67.3 Å². The molecule has 1 saturated heterocycles. The largest absolute Gasteiger partial charge is 0.497 e. The van der Waals surface area contributed by atoms with E-state index < -0.39 is 6.09 Å². The number of amides is 1. The summed E-state index contributed by atoms with van der Waals surface area (Å²) in [6, 6.07) is 15.1. The van der Waals surface area contributed by atoms with E-state index in [1.807, 2.05) is 31.2 Å². The number of methoxy groups -OCH3 is 1. The smallest absolute Gasteiger partial charge is 0.411 e. The van der Waals surface area contributed by atoms with Crippen LogP contribution in [0.2, 0.25) is 0 Å². The van der Waals surface area contributed by atoms with Crippen LogP contribution in [0.4, 0.5) is 22.4 Å². The third kappa shape index (κ3) is 8.14. The lowest BCUT2D eigenvalue weighted by Crippen LogP contribution is -2.37. The number of nitrogens with one attached hydrogen (secondary N) is 2. The number of hydrazone groups is 1. The molecule has 3 aromatic rings. The number of aromatic nitrogens is 3. The molecule has 1 aliphatic rings. The molecule has 0 aliphatic carbocycles. The molecule has 1 aromatic heterocycles. The number of ether oxygens (including phenoxy) is 3. The second kappa shape index (κ2) is 13.2. The first-order valence-corrected chi connectivity index (χ1v) is 12.1. The average Bonchev–Trinajstić information content (AvgIpc) is 2.92. The molecule has 0 radical (unpaired) electrons. The van der Waals surface area contributed by atoms with Crippen molar-refractivity contribution in [3.63, 3.8) is 0 Å². The highest BCUT2D eigenvalue weighted by atomic mass is 16.5. The summed E-state index contributed by atoms with van der Waals surface area (Å²) in [6.07, 6.45) is 2.23. The zero-order valence-electron chi connectivity index (χ0n) is 21.0. The molecule has 2 heterocycles. The van der Waals surface area contributed by atoms with Gasteiger partial charge in [0.2, 0.25) is 11.9 Å². The maximum atomic E-state index is 12.1. The highest BCUT2D eigenvalue weighted by molar-refractivity contribution is 5.84. The summed E-state index contributed by atoms with van der Waals surface area (Å²) in [7, 11) is 1.57. The van der Waals surface area contributed by atoms with Crippen LogP contribution in [0.5, 0.6) is 5.75 Å². The van der Waals surface area contributed by atoms with Gasteiger partial charge in [0.25, 0.3) is 0 Å². The zero-order chi connectivity index (χ0) is 25.9. The fourth-order valence-corrected chi connectivity index (χ4v) is 3.64. The van der Waals surface area contributed by atoms with E-state index in [9.17, 15) is 4.79 Å². The van der Waals surface area contributed by atoms with Crippen LogP contribution < -0.4 is 20.4 Å². The maximum Gasteiger partial charge on any atom is 0.411 e. The van der Waals surface area contributed by atoms with E-state index in [1.54, 1.807) is 37.6 Å². The third-order valence-electron chi connectivity index (χ3n) is 5.48. The molecule has 0 bridgehead atoms. The number of rotatable bonds is 10. The van der Waals surface area contributed by atoms with Crippen molar-refractivity contribution in [1.82, 2.24) is 15.0 Å². The van der Waals surface area contributed by atoms with Crippen LogP contribution in [0.3, 0.4) is 0 Å². The highest BCUT2D eigenvalue weighted by Gasteiger charge is 2.16. The Morgan fingerprint density at radius 2 is 1.97 bits per heavy atom. The van der Waals surface area contributed by atoms with Gasteiger partial charge in [0.1, 0.15) is 11.6 Å². The first-order chi connectivity index (χ1) is 18.1. The van der Waals surface area contributed by atoms with Gasteiger partial charge in [-0.15, -0.1) is 0 Å². The molecular weight excluding hydrogens is 474 g/mol. The molecule has 2 N–H and O–H groups in total. The quantitative estimate of drug-likeness (QED) is 0.241. The summed E-state index contributed by atoms with van der Waals surface area (Å²) in [6.45, 7) is 4.87. The number of benzene rings is 2. The molecule has 0 unspecified atom stereocenters. The van der Waals surface area contributed by atoms with Gasteiger partial charge < -0.3 is 19.1 Å². The first-order valence-electron chi connectivity index (χ1n) is 12.1. The van der Waals surface area contributed by atoms with Gasteiger partial charge in [0.15, 0.2) is 0 Å². The molecule has 0 spiro atoms. The number of morpholine rings is 1. The normalized spacial score (nSPS) is 13.4. The minimum atomic E-state index is -0.536. The Bertz CT molecular complexity index is 1220. The second-order valence-corrected chi connectivity index (χ2v) is 8.36. The van der Waals surface area contributed by atoms with Crippen molar-refractivity contribution in [1.29, 1.82) is 0 Å². The van der Waals surface area contributed by atoms with Crippen molar-refractivity contribution in [3.05, 3.63) is 65.5 Å². The Morgan fingerprint density at radius 3 is 2.78 bits per heavy atom. The van der Waals surface area contributed by atoms with Gasteiger partial charge in [-0.2, -0.15) is 20.1 Å². The minimum absolute atomic E-state index is 0.211. The number of hydrogen-bond donors (Lipinski definition) is 2. The van der Waals surface area contributed by atoms with Crippen molar-refractivity contribution in [2.24, 2.45) is 5.10 Å². The lowest BCUT2D eigenvalue weighted by atomic mass is 10.2. The summed E-state index contributed by atoms with van der Waals surface area (Å²) < 4.78 is 15.9. The van der Waals surface area contributed by atoms with Crippen LogP contribution in [0.1, 0.15) is 23.4 Å². The molecule has 11 nitrogen and oxygen atoms in total. The van der Waals surface area contributed by atoms with Gasteiger partial charge in [0.05, 0.1) is 33.1 Å². The number of nitrogens with zero attached hydrogens (tertiary/aromatic N) is 5. The lowest BCUT2D eigenvalue weighted by Gasteiger charge is -2.27. The van der Waals surface area contributed by atoms with Crippen molar-refractivity contribution in [2.75, 3.05) is 55.7 Å². The van der Waals surface area contributed by atoms with E-state index in [1.165, 1.54) is 0 Å². The highest BCUT2D eigenvalue weighted by Crippen LogP contribution is 2.17. The van der Waals surface area contributed by atoms with E-state index in [0.29, 0.717) is 68.3 Å². The summed E-state index contributed by atoms with van der Waals surface area (Å²) in [5, 5.41) is 6.98. The van der Waals surface area contributed by atoms with Crippen LogP contribution in [0.25, 0.3) is 0 Å². The molecule has 1 aliphatic heterocycles. The number of hydrogen-bond acceptors (Lipinski definition) is 10. The number of carbonyl (C=O) groups excluding carboxylic acids is 1. The molecule has 1 fully saturated rings. The number of carbonyl (C=O) groups is 1. The van der Waals surface area contributed by atoms with Crippen LogP contribution in [0, 0.1) is 6.92 Å². The van der Waals surface area contributed by atoms with Gasteiger partial charge in [-0.3, -0.25) is 5.32 Å². The van der Waals surface area contributed by atoms with Crippen molar-refractivity contribution < 1.29 is 19.0 Å².